The quantitative estimate of drug-likeness (QED) is 0.780. The van der Waals surface area contributed by atoms with Crippen molar-refractivity contribution < 1.29 is 4.74 Å². The number of thiocarbonyl (C=S) groups is 1. The fourth-order valence-corrected chi connectivity index (χ4v) is 3.38. The molecule has 0 radical (unpaired) electrons. The van der Waals surface area contributed by atoms with Gasteiger partial charge in [0, 0.05) is 26.2 Å². The Morgan fingerprint density at radius 2 is 2.00 bits per heavy atom. The van der Waals surface area contributed by atoms with Gasteiger partial charge in [0.1, 0.15) is 0 Å². The third-order valence-electron chi connectivity index (χ3n) is 4.37. The molecule has 0 aromatic rings. The minimum Gasteiger partial charge on any atom is -0.377 e. The highest BCUT2D eigenvalue weighted by Crippen LogP contribution is 2.24. The molecule has 0 amide bonds. The highest BCUT2D eigenvalue weighted by molar-refractivity contribution is 7.80. The second kappa shape index (κ2) is 6.20. The van der Waals surface area contributed by atoms with Gasteiger partial charge in [0.25, 0.3) is 0 Å². The van der Waals surface area contributed by atoms with E-state index in [4.69, 9.17) is 17.0 Å². The van der Waals surface area contributed by atoms with Crippen molar-refractivity contribution in [3.8, 4) is 0 Å². The molecule has 18 heavy (non-hydrogen) atoms. The maximum absolute atomic E-state index is 5.62. The molecule has 2 fully saturated rings. The average Bonchev–Trinajstić information content (AvgIpc) is 2.40. The molecule has 1 saturated heterocycles. The van der Waals surface area contributed by atoms with E-state index in [-0.39, 0.29) is 5.60 Å². The highest BCUT2D eigenvalue weighted by Gasteiger charge is 2.32. The first-order valence-electron chi connectivity index (χ1n) is 7.23. The Kier molecular flexibility index (Phi) is 4.84. The van der Waals surface area contributed by atoms with E-state index in [9.17, 15) is 0 Å². The molecule has 0 aromatic heterocycles. The van der Waals surface area contributed by atoms with Crippen molar-refractivity contribution in [2.45, 2.75) is 63.5 Å². The van der Waals surface area contributed by atoms with Crippen LogP contribution in [0.2, 0.25) is 0 Å². The number of nitrogens with zero attached hydrogens (tertiary/aromatic N) is 1. The molecule has 1 aliphatic heterocycles. The first-order valence-corrected chi connectivity index (χ1v) is 7.64. The molecule has 0 spiro atoms. The predicted octanol–water partition coefficient (Wildman–Crippen LogP) is 2.69. The number of methoxy groups -OCH3 is 1. The topological polar surface area (TPSA) is 24.5 Å². The lowest BCUT2D eigenvalue weighted by Gasteiger charge is -2.41. The standard InChI is InChI=1S/C14H26N2OS/c1-14(17-2)9-6-10-16(11-14)13(18)15-12-7-4-3-5-8-12/h12H,3-11H2,1-2H3,(H,15,18). The second-order valence-corrected chi connectivity index (χ2v) is 6.35. The van der Waals surface area contributed by atoms with Crippen LogP contribution in [0.4, 0.5) is 0 Å². The molecule has 3 nitrogen and oxygen atoms in total. The van der Waals surface area contributed by atoms with Crippen LogP contribution in [0.5, 0.6) is 0 Å². The van der Waals surface area contributed by atoms with Crippen LogP contribution in [-0.4, -0.2) is 41.9 Å². The maximum Gasteiger partial charge on any atom is 0.169 e. The number of piperidine rings is 1. The van der Waals surface area contributed by atoms with Crippen LogP contribution in [0.15, 0.2) is 0 Å². The monoisotopic (exact) mass is 270 g/mol. The van der Waals surface area contributed by atoms with E-state index >= 15 is 0 Å². The van der Waals surface area contributed by atoms with Gasteiger partial charge in [0.2, 0.25) is 0 Å². The molecule has 0 bridgehead atoms. The number of ether oxygens (including phenoxy) is 1. The van der Waals surface area contributed by atoms with Crippen molar-refractivity contribution in [3.05, 3.63) is 0 Å². The van der Waals surface area contributed by atoms with Crippen molar-refractivity contribution in [2.75, 3.05) is 20.2 Å². The fourth-order valence-electron chi connectivity index (χ4n) is 3.06. The van der Waals surface area contributed by atoms with Gasteiger partial charge in [0.15, 0.2) is 5.11 Å². The van der Waals surface area contributed by atoms with Crippen molar-refractivity contribution in [1.82, 2.24) is 10.2 Å². The smallest absolute Gasteiger partial charge is 0.169 e. The molecule has 104 valence electrons. The fraction of sp³-hybridized carbons (Fsp3) is 0.929. The van der Waals surface area contributed by atoms with E-state index in [2.05, 4.69) is 17.1 Å². The zero-order valence-corrected chi connectivity index (χ0v) is 12.5. The first kappa shape index (κ1) is 14.1. The van der Waals surface area contributed by atoms with Crippen molar-refractivity contribution in [3.63, 3.8) is 0 Å². The van der Waals surface area contributed by atoms with E-state index in [1.54, 1.807) is 7.11 Å². The van der Waals surface area contributed by atoms with Gasteiger partial charge in [-0.15, -0.1) is 0 Å². The van der Waals surface area contributed by atoms with Gasteiger partial charge in [-0.3, -0.25) is 0 Å². The van der Waals surface area contributed by atoms with Crippen LogP contribution in [-0.2, 0) is 4.74 Å². The Bertz CT molecular complexity index is 292. The molecule has 1 aliphatic carbocycles. The Morgan fingerprint density at radius 1 is 1.28 bits per heavy atom. The lowest BCUT2D eigenvalue weighted by Crippen LogP contribution is -2.54. The van der Waals surface area contributed by atoms with Crippen LogP contribution in [0.25, 0.3) is 0 Å². The van der Waals surface area contributed by atoms with Gasteiger partial charge in [-0.05, 0) is 44.8 Å². The number of hydrogen-bond donors (Lipinski definition) is 1. The molecular formula is C14H26N2OS. The molecular weight excluding hydrogens is 244 g/mol. The Morgan fingerprint density at radius 3 is 2.67 bits per heavy atom. The molecule has 1 atom stereocenters. The summed E-state index contributed by atoms with van der Waals surface area (Å²) in [6, 6.07) is 0.599. The largest absolute Gasteiger partial charge is 0.377 e. The lowest BCUT2D eigenvalue weighted by molar-refractivity contribution is -0.0351. The van der Waals surface area contributed by atoms with Gasteiger partial charge in [0.05, 0.1) is 5.60 Å². The normalized spacial score (nSPS) is 30.2. The van der Waals surface area contributed by atoms with E-state index in [0.29, 0.717) is 6.04 Å². The summed E-state index contributed by atoms with van der Waals surface area (Å²) in [6.45, 7) is 4.17. The third-order valence-corrected chi connectivity index (χ3v) is 4.75. The summed E-state index contributed by atoms with van der Waals surface area (Å²) >= 11 is 5.56. The molecule has 1 saturated carbocycles. The molecule has 4 heteroatoms. The Labute approximate surface area is 116 Å². The molecule has 0 aromatic carbocycles. The molecule has 1 heterocycles. The van der Waals surface area contributed by atoms with E-state index < -0.39 is 0 Å². The summed E-state index contributed by atoms with van der Waals surface area (Å²) in [4.78, 5) is 2.29. The number of likely N-dealkylation sites (tertiary alicyclic amines) is 1. The number of hydrogen-bond acceptors (Lipinski definition) is 2. The predicted molar refractivity (Wildman–Crippen MR) is 78.8 cm³/mol. The van der Waals surface area contributed by atoms with Crippen molar-refractivity contribution >= 4 is 17.3 Å². The van der Waals surface area contributed by atoms with Gasteiger partial charge >= 0.3 is 0 Å². The Hall–Kier alpha value is -0.350. The van der Waals surface area contributed by atoms with Crippen LogP contribution in [0.1, 0.15) is 51.9 Å². The summed E-state index contributed by atoms with van der Waals surface area (Å²) in [5.74, 6) is 0. The highest BCUT2D eigenvalue weighted by atomic mass is 32.1. The molecule has 1 N–H and O–H groups in total. The number of nitrogens with one attached hydrogen (secondary N) is 1. The molecule has 2 aliphatic rings. The third kappa shape index (κ3) is 3.58. The van der Waals surface area contributed by atoms with E-state index in [0.717, 1.165) is 31.0 Å². The van der Waals surface area contributed by atoms with Gasteiger partial charge in [-0.25, -0.2) is 0 Å². The van der Waals surface area contributed by atoms with Crippen LogP contribution in [0, 0.1) is 0 Å². The van der Waals surface area contributed by atoms with Gasteiger partial charge in [-0.2, -0.15) is 0 Å². The summed E-state index contributed by atoms with van der Waals surface area (Å²) < 4.78 is 5.62. The first-order chi connectivity index (χ1) is 8.63. The summed E-state index contributed by atoms with van der Waals surface area (Å²) in [5, 5.41) is 4.49. The number of rotatable bonds is 2. The van der Waals surface area contributed by atoms with Crippen LogP contribution >= 0.6 is 12.2 Å². The minimum atomic E-state index is -0.0312. The second-order valence-electron chi connectivity index (χ2n) is 5.96. The SMILES string of the molecule is COC1(C)CCCN(C(=S)NC2CCCCC2)C1. The van der Waals surface area contributed by atoms with E-state index in [1.807, 2.05) is 0 Å². The van der Waals surface area contributed by atoms with Crippen LogP contribution in [0.3, 0.4) is 0 Å². The zero-order chi connectivity index (χ0) is 13.0. The minimum absolute atomic E-state index is 0.0312. The summed E-state index contributed by atoms with van der Waals surface area (Å²) in [7, 11) is 1.81. The van der Waals surface area contributed by atoms with Gasteiger partial charge in [-0.1, -0.05) is 19.3 Å². The van der Waals surface area contributed by atoms with Crippen LogP contribution < -0.4 is 5.32 Å². The Balaban J connectivity index is 1.84. The summed E-state index contributed by atoms with van der Waals surface area (Å²) in [6.07, 6.45) is 8.91. The van der Waals surface area contributed by atoms with E-state index in [1.165, 1.54) is 32.1 Å². The summed E-state index contributed by atoms with van der Waals surface area (Å²) in [5.41, 5.74) is -0.0312. The van der Waals surface area contributed by atoms with Crippen molar-refractivity contribution in [2.24, 2.45) is 0 Å². The molecule has 1 unspecified atom stereocenters. The zero-order valence-electron chi connectivity index (χ0n) is 11.7. The maximum atomic E-state index is 5.62. The molecule has 2 rings (SSSR count). The van der Waals surface area contributed by atoms with Crippen molar-refractivity contribution in [1.29, 1.82) is 0 Å². The van der Waals surface area contributed by atoms with Gasteiger partial charge < -0.3 is 15.0 Å². The average molecular weight is 270 g/mol. The lowest BCUT2D eigenvalue weighted by atomic mass is 9.94.